The number of hydrogen-bond donors (Lipinski definition) is 1. The summed E-state index contributed by atoms with van der Waals surface area (Å²) >= 11 is 0. The summed E-state index contributed by atoms with van der Waals surface area (Å²) < 4.78 is 2.03. The van der Waals surface area contributed by atoms with Gasteiger partial charge in [-0.2, -0.15) is 0 Å². The molecule has 0 radical (unpaired) electrons. The maximum absolute atomic E-state index is 5.93. The predicted octanol–water partition coefficient (Wildman–Crippen LogP) is 2.31. The lowest BCUT2D eigenvalue weighted by molar-refractivity contribution is 0.982. The molecule has 0 saturated heterocycles. The molecule has 84 valence electrons. The fourth-order valence-electron chi connectivity index (χ4n) is 2.02. The maximum atomic E-state index is 5.93. The third kappa shape index (κ3) is 1.45. The monoisotopic (exact) mass is 224 g/mol. The molecule has 0 saturated carbocycles. The van der Waals surface area contributed by atoms with E-state index < -0.39 is 0 Å². The van der Waals surface area contributed by atoms with Crippen LogP contribution < -0.4 is 5.73 Å². The largest absolute Gasteiger partial charge is 0.397 e. The van der Waals surface area contributed by atoms with E-state index in [0.717, 1.165) is 22.4 Å². The van der Waals surface area contributed by atoms with Gasteiger partial charge in [0.15, 0.2) is 0 Å². The molecule has 0 amide bonds. The van der Waals surface area contributed by atoms with Gasteiger partial charge >= 0.3 is 0 Å². The van der Waals surface area contributed by atoms with Gasteiger partial charge in [-0.25, -0.2) is 4.98 Å². The fourth-order valence-corrected chi connectivity index (χ4v) is 2.02. The minimum atomic E-state index is 0.696. The average molecular weight is 224 g/mol. The van der Waals surface area contributed by atoms with Gasteiger partial charge in [0.05, 0.1) is 16.9 Å². The van der Waals surface area contributed by atoms with E-state index in [1.807, 2.05) is 42.0 Å². The van der Waals surface area contributed by atoms with E-state index in [0.29, 0.717) is 5.69 Å². The number of aryl methyl sites for hydroxylation is 1. The number of nitrogens with zero attached hydrogens (tertiary/aromatic N) is 3. The molecular weight excluding hydrogens is 212 g/mol. The van der Waals surface area contributed by atoms with E-state index in [1.54, 1.807) is 12.4 Å². The number of fused-ring (bicyclic) bond motifs is 1. The van der Waals surface area contributed by atoms with Crippen molar-refractivity contribution in [2.75, 3.05) is 5.73 Å². The number of anilines is 1. The Morgan fingerprint density at radius 3 is 2.76 bits per heavy atom. The van der Waals surface area contributed by atoms with Crippen molar-refractivity contribution in [3.8, 4) is 5.69 Å². The third-order valence-electron chi connectivity index (χ3n) is 2.86. The molecule has 0 fully saturated rings. The first-order valence-electron chi connectivity index (χ1n) is 5.41. The zero-order chi connectivity index (χ0) is 11.8. The van der Waals surface area contributed by atoms with Gasteiger partial charge in [0, 0.05) is 24.0 Å². The number of hydrogen-bond acceptors (Lipinski definition) is 3. The predicted molar refractivity (Wildman–Crippen MR) is 68.0 cm³/mol. The quantitative estimate of drug-likeness (QED) is 0.645. The van der Waals surface area contributed by atoms with Crippen LogP contribution in [0.1, 0.15) is 5.82 Å². The number of rotatable bonds is 1. The van der Waals surface area contributed by atoms with Crippen molar-refractivity contribution in [1.29, 1.82) is 0 Å². The SMILES string of the molecule is Cc1nccn1-c1ccc(N)c2ncccc12. The second-order valence-corrected chi connectivity index (χ2v) is 3.92. The molecular formula is C13H12N4. The smallest absolute Gasteiger partial charge is 0.110 e. The van der Waals surface area contributed by atoms with Crippen molar-refractivity contribution < 1.29 is 0 Å². The van der Waals surface area contributed by atoms with E-state index in [4.69, 9.17) is 5.73 Å². The molecule has 4 nitrogen and oxygen atoms in total. The van der Waals surface area contributed by atoms with Crippen molar-refractivity contribution in [2.24, 2.45) is 0 Å². The van der Waals surface area contributed by atoms with E-state index >= 15 is 0 Å². The number of nitrogens with two attached hydrogens (primary N) is 1. The second kappa shape index (κ2) is 3.59. The molecule has 0 aliphatic carbocycles. The van der Waals surface area contributed by atoms with Gasteiger partial charge in [-0.15, -0.1) is 0 Å². The van der Waals surface area contributed by atoms with Crippen LogP contribution in [-0.2, 0) is 0 Å². The minimum Gasteiger partial charge on any atom is -0.397 e. The van der Waals surface area contributed by atoms with Crippen molar-refractivity contribution >= 4 is 16.6 Å². The highest BCUT2D eigenvalue weighted by atomic mass is 15.1. The first kappa shape index (κ1) is 9.84. The van der Waals surface area contributed by atoms with Gasteiger partial charge in [0.1, 0.15) is 5.82 Å². The maximum Gasteiger partial charge on any atom is 0.110 e. The zero-order valence-corrected chi connectivity index (χ0v) is 9.46. The summed E-state index contributed by atoms with van der Waals surface area (Å²) in [4.78, 5) is 8.56. The van der Waals surface area contributed by atoms with Crippen molar-refractivity contribution in [3.63, 3.8) is 0 Å². The Balaban J connectivity index is 2.39. The molecule has 0 spiro atoms. The molecule has 0 atom stereocenters. The molecule has 3 aromatic rings. The number of aromatic nitrogens is 3. The van der Waals surface area contributed by atoms with Gasteiger partial charge in [-0.05, 0) is 31.2 Å². The highest BCUT2D eigenvalue weighted by Gasteiger charge is 2.07. The van der Waals surface area contributed by atoms with E-state index in [2.05, 4.69) is 9.97 Å². The van der Waals surface area contributed by atoms with Crippen LogP contribution in [0.4, 0.5) is 5.69 Å². The van der Waals surface area contributed by atoms with Crippen LogP contribution >= 0.6 is 0 Å². The van der Waals surface area contributed by atoms with E-state index in [9.17, 15) is 0 Å². The summed E-state index contributed by atoms with van der Waals surface area (Å²) in [5.41, 5.74) is 8.51. The van der Waals surface area contributed by atoms with Crippen LogP contribution in [0.2, 0.25) is 0 Å². The first-order valence-corrected chi connectivity index (χ1v) is 5.41. The Hall–Kier alpha value is -2.36. The number of benzene rings is 1. The van der Waals surface area contributed by atoms with E-state index in [1.165, 1.54) is 0 Å². The Morgan fingerprint density at radius 2 is 2.00 bits per heavy atom. The number of nitrogen functional groups attached to an aromatic ring is 1. The molecule has 0 unspecified atom stereocenters. The van der Waals surface area contributed by atoms with Crippen LogP contribution in [-0.4, -0.2) is 14.5 Å². The summed E-state index contributed by atoms with van der Waals surface area (Å²) in [5.74, 6) is 0.944. The Bertz CT molecular complexity index is 685. The van der Waals surface area contributed by atoms with Gasteiger partial charge in [-0.3, -0.25) is 4.98 Å². The molecule has 0 bridgehead atoms. The summed E-state index contributed by atoms with van der Waals surface area (Å²) in [6, 6.07) is 7.81. The summed E-state index contributed by atoms with van der Waals surface area (Å²) in [6.07, 6.45) is 5.48. The molecule has 17 heavy (non-hydrogen) atoms. The molecule has 0 aliphatic rings. The Labute approximate surface area is 98.7 Å². The first-order chi connectivity index (χ1) is 8.27. The van der Waals surface area contributed by atoms with E-state index in [-0.39, 0.29) is 0 Å². The second-order valence-electron chi connectivity index (χ2n) is 3.92. The van der Waals surface area contributed by atoms with Gasteiger partial charge in [0.25, 0.3) is 0 Å². The molecule has 0 aliphatic heterocycles. The van der Waals surface area contributed by atoms with Crippen molar-refractivity contribution in [3.05, 3.63) is 48.7 Å². The van der Waals surface area contributed by atoms with Crippen molar-refractivity contribution in [1.82, 2.24) is 14.5 Å². The molecule has 3 rings (SSSR count). The molecule has 2 N–H and O–H groups in total. The molecule has 2 heterocycles. The molecule has 1 aromatic carbocycles. The lowest BCUT2D eigenvalue weighted by Crippen LogP contribution is -1.99. The van der Waals surface area contributed by atoms with Crippen LogP contribution in [0.25, 0.3) is 16.6 Å². The van der Waals surface area contributed by atoms with Crippen molar-refractivity contribution in [2.45, 2.75) is 6.92 Å². The van der Waals surface area contributed by atoms with Crippen LogP contribution in [0, 0.1) is 6.92 Å². The molecule has 4 heteroatoms. The standard InChI is InChI=1S/C13H12N4/c1-9-15-7-8-17(9)12-5-4-11(14)13-10(12)3-2-6-16-13/h2-8H,14H2,1H3. The summed E-state index contributed by atoms with van der Waals surface area (Å²) in [7, 11) is 0. The zero-order valence-electron chi connectivity index (χ0n) is 9.46. The van der Waals surface area contributed by atoms with Gasteiger partial charge in [-0.1, -0.05) is 0 Å². The summed E-state index contributed by atoms with van der Waals surface area (Å²) in [6.45, 7) is 1.97. The van der Waals surface area contributed by atoms with Gasteiger partial charge < -0.3 is 10.3 Å². The lowest BCUT2D eigenvalue weighted by atomic mass is 10.1. The fraction of sp³-hybridized carbons (Fsp3) is 0.0769. The minimum absolute atomic E-state index is 0.696. The average Bonchev–Trinajstić information content (AvgIpc) is 2.77. The lowest BCUT2D eigenvalue weighted by Gasteiger charge is -2.10. The normalized spacial score (nSPS) is 10.9. The Kier molecular flexibility index (Phi) is 2.08. The highest BCUT2D eigenvalue weighted by Crippen LogP contribution is 2.25. The van der Waals surface area contributed by atoms with Gasteiger partial charge in [0.2, 0.25) is 0 Å². The number of imidazole rings is 1. The number of pyridine rings is 1. The summed E-state index contributed by atoms with van der Waals surface area (Å²) in [5, 5.41) is 1.04. The molecule has 2 aromatic heterocycles. The topological polar surface area (TPSA) is 56.7 Å². The van der Waals surface area contributed by atoms with Crippen LogP contribution in [0.3, 0.4) is 0 Å². The van der Waals surface area contributed by atoms with Crippen LogP contribution in [0.5, 0.6) is 0 Å². The van der Waals surface area contributed by atoms with Crippen LogP contribution in [0.15, 0.2) is 42.9 Å². The third-order valence-corrected chi connectivity index (χ3v) is 2.86. The highest BCUT2D eigenvalue weighted by molar-refractivity contribution is 5.95. The Morgan fingerprint density at radius 1 is 1.12 bits per heavy atom.